The molecule has 2 rings (SSSR count). The van der Waals surface area contributed by atoms with Crippen LogP contribution in [0.1, 0.15) is 65.7 Å². The number of hydrogen-bond donors (Lipinski definition) is 1. The van der Waals surface area contributed by atoms with Crippen molar-refractivity contribution in [3.05, 3.63) is 23.8 Å². The van der Waals surface area contributed by atoms with E-state index in [1.807, 2.05) is 6.92 Å². The van der Waals surface area contributed by atoms with Crippen molar-refractivity contribution < 1.29 is 44.0 Å². The van der Waals surface area contributed by atoms with E-state index in [4.69, 9.17) is 5.11 Å². The van der Waals surface area contributed by atoms with E-state index >= 15 is 0 Å². The van der Waals surface area contributed by atoms with Gasteiger partial charge in [-0.05, 0) is 37.5 Å². The molecular formula is C18H30Mn2O2. The molecule has 0 aromatic heterocycles. The molecule has 0 heterocycles. The summed E-state index contributed by atoms with van der Waals surface area (Å²) in [6.07, 6.45) is 14.5. The van der Waals surface area contributed by atoms with Crippen molar-refractivity contribution in [3.8, 4) is 0 Å². The third-order valence-corrected chi connectivity index (χ3v) is 4.52. The minimum absolute atomic E-state index is 0. The molecule has 1 atom stereocenters. The van der Waals surface area contributed by atoms with Crippen molar-refractivity contribution in [2.24, 2.45) is 17.8 Å². The summed E-state index contributed by atoms with van der Waals surface area (Å²) in [6, 6.07) is 0. The molecule has 0 bridgehead atoms. The molecule has 0 aromatic carbocycles. The third kappa shape index (κ3) is 8.58. The SMILES string of the molecule is CC(C)C1=CC=CC1.CCC(C(=O)O)C1CCCCC1.[Mn].[Mn]. The zero-order valence-corrected chi connectivity index (χ0v) is 16.4. The molecule has 0 spiro atoms. The maximum absolute atomic E-state index is 10.8. The molecule has 2 nitrogen and oxygen atoms in total. The molecule has 22 heavy (non-hydrogen) atoms. The van der Waals surface area contributed by atoms with Crippen LogP contribution < -0.4 is 0 Å². The summed E-state index contributed by atoms with van der Waals surface area (Å²) < 4.78 is 0. The van der Waals surface area contributed by atoms with Gasteiger partial charge in [0.05, 0.1) is 5.92 Å². The molecule has 1 unspecified atom stereocenters. The van der Waals surface area contributed by atoms with Crippen LogP contribution in [0.4, 0.5) is 0 Å². The molecule has 0 aromatic rings. The van der Waals surface area contributed by atoms with Gasteiger partial charge in [0.25, 0.3) is 0 Å². The van der Waals surface area contributed by atoms with Gasteiger partial charge in [0, 0.05) is 34.1 Å². The van der Waals surface area contributed by atoms with Crippen molar-refractivity contribution in [3.63, 3.8) is 0 Å². The first-order chi connectivity index (χ1) is 9.56. The van der Waals surface area contributed by atoms with Crippen LogP contribution in [0.5, 0.6) is 0 Å². The average molecular weight is 388 g/mol. The normalized spacial score (nSPS) is 18.5. The van der Waals surface area contributed by atoms with Gasteiger partial charge in [-0.3, -0.25) is 4.79 Å². The second kappa shape index (κ2) is 13.4. The summed E-state index contributed by atoms with van der Waals surface area (Å²) >= 11 is 0. The van der Waals surface area contributed by atoms with E-state index in [1.54, 1.807) is 5.57 Å². The molecule has 1 fully saturated rings. The Morgan fingerprint density at radius 3 is 2.14 bits per heavy atom. The Bertz CT molecular complexity index is 356. The molecule has 0 amide bonds. The van der Waals surface area contributed by atoms with E-state index in [0.29, 0.717) is 5.92 Å². The van der Waals surface area contributed by atoms with E-state index in [1.165, 1.54) is 25.7 Å². The van der Waals surface area contributed by atoms with E-state index in [0.717, 1.165) is 25.2 Å². The van der Waals surface area contributed by atoms with Gasteiger partial charge in [0.2, 0.25) is 0 Å². The van der Waals surface area contributed by atoms with Gasteiger partial charge in [-0.15, -0.1) is 0 Å². The number of carboxylic acid groups (broad SMARTS) is 1. The Labute approximate surface area is 157 Å². The van der Waals surface area contributed by atoms with Crippen LogP contribution >= 0.6 is 0 Å². The minimum atomic E-state index is -0.593. The van der Waals surface area contributed by atoms with Crippen LogP contribution in [-0.4, -0.2) is 11.1 Å². The van der Waals surface area contributed by atoms with Crippen molar-refractivity contribution in [2.75, 3.05) is 0 Å². The molecule has 128 valence electrons. The predicted octanol–water partition coefficient (Wildman–Crippen LogP) is 5.20. The van der Waals surface area contributed by atoms with Gasteiger partial charge in [-0.25, -0.2) is 0 Å². The summed E-state index contributed by atoms with van der Waals surface area (Å²) in [6.45, 7) is 6.45. The second-order valence-corrected chi connectivity index (χ2v) is 6.28. The molecule has 4 heteroatoms. The fraction of sp³-hybridized carbons (Fsp3) is 0.722. The van der Waals surface area contributed by atoms with Gasteiger partial charge >= 0.3 is 5.97 Å². The summed E-state index contributed by atoms with van der Waals surface area (Å²) in [5.41, 5.74) is 1.56. The van der Waals surface area contributed by atoms with E-state index in [-0.39, 0.29) is 40.1 Å². The molecule has 2 aliphatic rings. The van der Waals surface area contributed by atoms with E-state index < -0.39 is 5.97 Å². The summed E-state index contributed by atoms with van der Waals surface area (Å²) in [5, 5.41) is 8.93. The van der Waals surface area contributed by atoms with Crippen LogP contribution in [0.25, 0.3) is 0 Å². The first-order valence-corrected chi connectivity index (χ1v) is 8.14. The second-order valence-electron chi connectivity index (χ2n) is 6.28. The number of hydrogen-bond acceptors (Lipinski definition) is 1. The summed E-state index contributed by atoms with van der Waals surface area (Å²) in [4.78, 5) is 10.8. The maximum atomic E-state index is 10.8. The zero-order valence-electron chi connectivity index (χ0n) is 14.0. The minimum Gasteiger partial charge on any atom is -0.481 e. The van der Waals surface area contributed by atoms with Crippen molar-refractivity contribution in [1.29, 1.82) is 0 Å². The van der Waals surface area contributed by atoms with Gasteiger partial charge in [-0.1, -0.05) is 63.8 Å². The van der Waals surface area contributed by atoms with Crippen molar-refractivity contribution in [2.45, 2.75) is 65.7 Å². The van der Waals surface area contributed by atoms with Crippen LogP contribution in [-0.2, 0) is 38.9 Å². The molecular weight excluding hydrogens is 358 g/mol. The van der Waals surface area contributed by atoms with Gasteiger partial charge in [0.15, 0.2) is 0 Å². The zero-order chi connectivity index (χ0) is 15.0. The largest absolute Gasteiger partial charge is 0.481 e. The van der Waals surface area contributed by atoms with Crippen LogP contribution in [0.3, 0.4) is 0 Å². The molecule has 1 N–H and O–H groups in total. The first kappa shape index (κ1) is 24.2. The van der Waals surface area contributed by atoms with Gasteiger partial charge in [-0.2, -0.15) is 0 Å². The quantitative estimate of drug-likeness (QED) is 0.672. The summed E-state index contributed by atoms with van der Waals surface area (Å²) in [7, 11) is 0. The van der Waals surface area contributed by atoms with E-state index in [9.17, 15) is 4.79 Å². The molecule has 1 saturated carbocycles. The number of carbonyl (C=O) groups is 1. The van der Waals surface area contributed by atoms with Crippen molar-refractivity contribution >= 4 is 5.97 Å². The maximum Gasteiger partial charge on any atom is 0.306 e. The predicted molar refractivity (Wildman–Crippen MR) is 84.7 cm³/mol. The van der Waals surface area contributed by atoms with Gasteiger partial charge < -0.3 is 5.11 Å². The number of rotatable bonds is 4. The van der Waals surface area contributed by atoms with Crippen LogP contribution in [0.15, 0.2) is 23.8 Å². The van der Waals surface area contributed by atoms with Crippen LogP contribution in [0.2, 0.25) is 0 Å². The van der Waals surface area contributed by atoms with Crippen molar-refractivity contribution in [1.82, 2.24) is 0 Å². The average Bonchev–Trinajstić information content (AvgIpc) is 2.95. The Kier molecular flexibility index (Phi) is 14.8. The fourth-order valence-corrected chi connectivity index (χ4v) is 3.14. The summed E-state index contributed by atoms with van der Waals surface area (Å²) in [5.74, 6) is 0.529. The molecule has 0 aliphatic heterocycles. The third-order valence-electron chi connectivity index (χ3n) is 4.52. The van der Waals surface area contributed by atoms with Gasteiger partial charge in [0.1, 0.15) is 0 Å². The number of aliphatic carboxylic acids is 1. The number of allylic oxidation sites excluding steroid dienone is 4. The monoisotopic (exact) mass is 388 g/mol. The molecule has 0 saturated heterocycles. The fourth-order valence-electron chi connectivity index (χ4n) is 3.14. The topological polar surface area (TPSA) is 37.3 Å². The Morgan fingerprint density at radius 2 is 1.82 bits per heavy atom. The Morgan fingerprint density at radius 1 is 1.23 bits per heavy atom. The molecule has 2 aliphatic carbocycles. The Balaban J connectivity index is 0. The first-order valence-electron chi connectivity index (χ1n) is 8.14. The Hall–Kier alpha value is -0.0110. The van der Waals surface area contributed by atoms with Crippen LogP contribution in [0, 0.1) is 17.8 Å². The number of carboxylic acids is 1. The molecule has 2 radical (unpaired) electrons. The van der Waals surface area contributed by atoms with E-state index in [2.05, 4.69) is 32.1 Å². The standard InChI is InChI=1S/C10H18O2.C8H12.2Mn/c1-2-9(10(11)12)8-6-4-3-5-7-8;1-7(2)8-5-3-4-6-8;;/h8-9H,2-7H2,1H3,(H,11,12);3-5,7H,6H2,1-2H3;;. The smallest absolute Gasteiger partial charge is 0.306 e.